The molecule has 158 valence electrons. The van der Waals surface area contributed by atoms with E-state index in [1.807, 2.05) is 0 Å². The number of aliphatic carboxylic acids is 1. The van der Waals surface area contributed by atoms with Gasteiger partial charge in [-0.05, 0) is 31.6 Å². The van der Waals surface area contributed by atoms with Crippen LogP contribution in [0.2, 0.25) is 0 Å². The highest BCUT2D eigenvalue weighted by atomic mass is 16.5. The first-order valence-corrected chi connectivity index (χ1v) is 11.5. The zero-order valence-corrected chi connectivity index (χ0v) is 17.7. The molecule has 4 nitrogen and oxygen atoms in total. The number of carboxylic acids is 1. The Labute approximate surface area is 166 Å². The van der Waals surface area contributed by atoms with E-state index >= 15 is 0 Å². The fourth-order valence-electron chi connectivity index (χ4n) is 4.21. The van der Waals surface area contributed by atoms with Crippen LogP contribution in [0.1, 0.15) is 110 Å². The molecular formula is C23H42O4. The third-order valence-electron chi connectivity index (χ3n) is 6.15. The van der Waals surface area contributed by atoms with Crippen LogP contribution in [0.15, 0.2) is 0 Å². The zero-order chi connectivity index (χ0) is 19.9. The molecule has 1 aliphatic carbocycles. The van der Waals surface area contributed by atoms with Crippen LogP contribution in [0.25, 0.3) is 0 Å². The van der Waals surface area contributed by atoms with Crippen LogP contribution in [0.3, 0.4) is 0 Å². The van der Waals surface area contributed by atoms with Crippen LogP contribution in [0.4, 0.5) is 0 Å². The number of carbonyl (C=O) groups is 2. The van der Waals surface area contributed by atoms with E-state index in [1.54, 1.807) is 0 Å². The molecule has 0 amide bonds. The smallest absolute Gasteiger partial charge is 0.308 e. The molecule has 1 saturated carbocycles. The maximum atomic E-state index is 12.1. The second-order valence-corrected chi connectivity index (χ2v) is 8.39. The lowest BCUT2D eigenvalue weighted by Gasteiger charge is -2.25. The Hall–Kier alpha value is -1.06. The fraction of sp³-hybridized carbons (Fsp3) is 0.913. The summed E-state index contributed by atoms with van der Waals surface area (Å²) in [6.07, 6.45) is 16.7. The summed E-state index contributed by atoms with van der Waals surface area (Å²) in [5.41, 5.74) is 0. The lowest BCUT2D eigenvalue weighted by atomic mass is 9.81. The second kappa shape index (κ2) is 14.9. The summed E-state index contributed by atoms with van der Waals surface area (Å²) in [7, 11) is 0. The van der Waals surface area contributed by atoms with Crippen LogP contribution in [0.5, 0.6) is 0 Å². The lowest BCUT2D eigenvalue weighted by Crippen LogP contribution is -2.28. The lowest BCUT2D eigenvalue weighted by molar-refractivity contribution is -0.152. The van der Waals surface area contributed by atoms with E-state index in [1.165, 1.54) is 57.8 Å². The Morgan fingerprint density at radius 1 is 0.926 bits per heavy atom. The fourth-order valence-corrected chi connectivity index (χ4v) is 4.21. The molecule has 4 heteroatoms. The Bertz CT molecular complexity index is 407. The van der Waals surface area contributed by atoms with Crippen molar-refractivity contribution in [2.45, 2.75) is 110 Å². The first-order chi connectivity index (χ1) is 13.1. The van der Waals surface area contributed by atoms with Crippen LogP contribution < -0.4 is 0 Å². The number of ether oxygens (including phenoxy) is 1. The van der Waals surface area contributed by atoms with Crippen molar-refractivity contribution in [2.24, 2.45) is 17.8 Å². The van der Waals surface area contributed by atoms with Gasteiger partial charge < -0.3 is 9.84 Å². The summed E-state index contributed by atoms with van der Waals surface area (Å²) >= 11 is 0. The van der Waals surface area contributed by atoms with Crippen molar-refractivity contribution in [3.05, 3.63) is 0 Å². The van der Waals surface area contributed by atoms with Gasteiger partial charge in [-0.3, -0.25) is 9.59 Å². The van der Waals surface area contributed by atoms with Crippen molar-refractivity contribution in [3.63, 3.8) is 0 Å². The van der Waals surface area contributed by atoms with Crippen molar-refractivity contribution in [2.75, 3.05) is 6.61 Å². The standard InChI is InChI=1S/C23H42O4/c1-3-5-13-19(4-2)14-10-8-6-7-9-11-17-27-23(26)21-16-12-15-20(18-21)22(24)25/h19-21H,3-18H2,1-2H3,(H,24,25). The molecule has 0 aromatic rings. The molecule has 0 aliphatic heterocycles. The molecule has 0 spiro atoms. The van der Waals surface area contributed by atoms with Gasteiger partial charge in [0.2, 0.25) is 0 Å². The Morgan fingerprint density at radius 2 is 1.56 bits per heavy atom. The van der Waals surface area contributed by atoms with Crippen molar-refractivity contribution in [1.82, 2.24) is 0 Å². The molecule has 0 saturated heterocycles. The van der Waals surface area contributed by atoms with Crippen LogP contribution in [-0.2, 0) is 14.3 Å². The van der Waals surface area contributed by atoms with Gasteiger partial charge in [0, 0.05) is 0 Å². The van der Waals surface area contributed by atoms with Crippen molar-refractivity contribution < 1.29 is 19.4 Å². The third kappa shape index (κ3) is 10.8. The number of esters is 1. The number of rotatable bonds is 15. The van der Waals surface area contributed by atoms with Gasteiger partial charge in [-0.15, -0.1) is 0 Å². The SMILES string of the molecule is CCCCC(CC)CCCCCCCCOC(=O)C1CCCC(C(=O)O)C1. The highest BCUT2D eigenvalue weighted by molar-refractivity contribution is 5.75. The molecule has 1 N–H and O–H groups in total. The van der Waals surface area contributed by atoms with Gasteiger partial charge in [0.1, 0.15) is 0 Å². The van der Waals surface area contributed by atoms with E-state index in [0.717, 1.165) is 31.6 Å². The van der Waals surface area contributed by atoms with E-state index in [4.69, 9.17) is 9.84 Å². The molecule has 0 heterocycles. The molecular weight excluding hydrogens is 340 g/mol. The normalized spacial score (nSPS) is 21.0. The highest BCUT2D eigenvalue weighted by Gasteiger charge is 2.31. The molecule has 3 unspecified atom stereocenters. The Morgan fingerprint density at radius 3 is 2.22 bits per heavy atom. The van der Waals surface area contributed by atoms with Gasteiger partial charge in [-0.1, -0.05) is 84.5 Å². The first-order valence-electron chi connectivity index (χ1n) is 11.5. The quantitative estimate of drug-likeness (QED) is 0.264. The largest absolute Gasteiger partial charge is 0.481 e. The second-order valence-electron chi connectivity index (χ2n) is 8.39. The first kappa shape index (κ1) is 24.0. The molecule has 1 aliphatic rings. The van der Waals surface area contributed by atoms with Crippen molar-refractivity contribution in [1.29, 1.82) is 0 Å². The molecule has 0 aromatic heterocycles. The predicted molar refractivity (Wildman–Crippen MR) is 110 cm³/mol. The zero-order valence-electron chi connectivity index (χ0n) is 17.7. The van der Waals surface area contributed by atoms with E-state index < -0.39 is 5.97 Å². The summed E-state index contributed by atoms with van der Waals surface area (Å²) in [6.45, 7) is 5.07. The van der Waals surface area contributed by atoms with Gasteiger partial charge in [0.25, 0.3) is 0 Å². The summed E-state index contributed by atoms with van der Waals surface area (Å²) in [6, 6.07) is 0. The van der Waals surface area contributed by atoms with Gasteiger partial charge in [-0.2, -0.15) is 0 Å². The van der Waals surface area contributed by atoms with Crippen LogP contribution in [0, 0.1) is 17.8 Å². The molecule has 3 atom stereocenters. The van der Waals surface area contributed by atoms with E-state index in [0.29, 0.717) is 19.4 Å². The number of hydrogen-bond donors (Lipinski definition) is 1. The summed E-state index contributed by atoms with van der Waals surface area (Å²) in [5, 5.41) is 9.10. The average molecular weight is 383 g/mol. The Balaban J connectivity index is 1.98. The molecule has 0 aromatic carbocycles. The topological polar surface area (TPSA) is 63.6 Å². The molecule has 27 heavy (non-hydrogen) atoms. The number of carboxylic acid groups (broad SMARTS) is 1. The monoisotopic (exact) mass is 382 g/mol. The summed E-state index contributed by atoms with van der Waals surface area (Å²) in [5.74, 6) is -0.615. The predicted octanol–water partition coefficient (Wildman–Crippen LogP) is 6.37. The van der Waals surface area contributed by atoms with Crippen molar-refractivity contribution in [3.8, 4) is 0 Å². The highest BCUT2D eigenvalue weighted by Crippen LogP contribution is 2.30. The van der Waals surface area contributed by atoms with Crippen molar-refractivity contribution >= 4 is 11.9 Å². The summed E-state index contributed by atoms with van der Waals surface area (Å²) < 4.78 is 5.39. The average Bonchev–Trinajstić information content (AvgIpc) is 2.68. The van der Waals surface area contributed by atoms with E-state index in [9.17, 15) is 9.59 Å². The van der Waals surface area contributed by atoms with Crippen LogP contribution >= 0.6 is 0 Å². The minimum atomic E-state index is -0.775. The maximum Gasteiger partial charge on any atom is 0.308 e. The van der Waals surface area contributed by atoms with E-state index in [-0.39, 0.29) is 17.8 Å². The number of hydrogen-bond acceptors (Lipinski definition) is 3. The minimum Gasteiger partial charge on any atom is -0.481 e. The summed E-state index contributed by atoms with van der Waals surface area (Å²) in [4.78, 5) is 23.2. The van der Waals surface area contributed by atoms with Crippen LogP contribution in [-0.4, -0.2) is 23.7 Å². The van der Waals surface area contributed by atoms with Gasteiger partial charge in [-0.25, -0.2) is 0 Å². The van der Waals surface area contributed by atoms with Gasteiger partial charge in [0.15, 0.2) is 0 Å². The third-order valence-corrected chi connectivity index (χ3v) is 6.15. The van der Waals surface area contributed by atoms with Gasteiger partial charge >= 0.3 is 11.9 Å². The maximum absolute atomic E-state index is 12.1. The number of unbranched alkanes of at least 4 members (excludes halogenated alkanes) is 6. The minimum absolute atomic E-state index is 0.182. The molecule has 0 bridgehead atoms. The Kier molecular flexibility index (Phi) is 13.3. The van der Waals surface area contributed by atoms with E-state index in [2.05, 4.69) is 13.8 Å². The molecule has 1 fully saturated rings. The van der Waals surface area contributed by atoms with Gasteiger partial charge in [0.05, 0.1) is 18.4 Å². The number of carbonyl (C=O) groups excluding carboxylic acids is 1. The molecule has 0 radical (unpaired) electrons. The molecule has 1 rings (SSSR count).